The van der Waals surface area contributed by atoms with E-state index < -0.39 is 30.9 Å². The number of rotatable bonds is 9. The first kappa shape index (κ1) is 25.2. The van der Waals surface area contributed by atoms with Gasteiger partial charge in [0.25, 0.3) is 11.6 Å². The molecule has 2 N–H and O–H groups in total. The Labute approximate surface area is 204 Å². The summed E-state index contributed by atoms with van der Waals surface area (Å²) in [7, 11) is -2.84. The molecule has 1 saturated heterocycles. The lowest BCUT2D eigenvalue weighted by molar-refractivity contribution is -0.385. The van der Waals surface area contributed by atoms with Crippen LogP contribution in [0.4, 0.5) is 11.4 Å². The minimum atomic E-state index is -2.84. The van der Waals surface area contributed by atoms with E-state index in [-0.39, 0.29) is 30.3 Å². The normalized spacial score (nSPS) is 25.9. The number of aliphatic hydroxyl groups is 1. The highest BCUT2D eigenvalue weighted by Gasteiger charge is 2.66. The quantitative estimate of drug-likeness (QED) is 0.230. The monoisotopic (exact) mass is 501 g/mol. The average molecular weight is 502 g/mol. The van der Waals surface area contributed by atoms with Crippen LogP contribution in [0.25, 0.3) is 0 Å². The largest absolute Gasteiger partial charge is 0.432 e. The van der Waals surface area contributed by atoms with Crippen LogP contribution in [-0.4, -0.2) is 63.3 Å². The van der Waals surface area contributed by atoms with Crippen LogP contribution in [0.1, 0.15) is 24.6 Å². The molecule has 0 aliphatic carbocycles. The second-order valence-corrected chi connectivity index (χ2v) is 13.7. The molecule has 1 amide bonds. The Morgan fingerprint density at radius 2 is 2.14 bits per heavy atom. The van der Waals surface area contributed by atoms with E-state index in [0.717, 1.165) is 0 Å². The van der Waals surface area contributed by atoms with Gasteiger partial charge in [0.2, 0.25) is 0 Å². The van der Waals surface area contributed by atoms with Gasteiger partial charge in [-0.25, -0.2) is 0 Å². The van der Waals surface area contributed by atoms with E-state index in [1.54, 1.807) is 27.9 Å². The Hall–Kier alpha value is -2.93. The lowest BCUT2D eigenvalue weighted by atomic mass is 9.82. The second-order valence-electron chi connectivity index (χ2n) is 9.76. The van der Waals surface area contributed by atoms with Crippen molar-refractivity contribution in [3.63, 3.8) is 0 Å². The summed E-state index contributed by atoms with van der Waals surface area (Å²) in [5.74, 6) is -0.708. The maximum atomic E-state index is 13.9. The van der Waals surface area contributed by atoms with Gasteiger partial charge in [-0.15, -0.1) is 11.7 Å². The van der Waals surface area contributed by atoms with Crippen molar-refractivity contribution in [2.75, 3.05) is 18.1 Å². The molecule has 0 unspecified atom stereocenters. The van der Waals surface area contributed by atoms with Gasteiger partial charge in [-0.05, 0) is 25.6 Å². The van der Waals surface area contributed by atoms with E-state index in [4.69, 9.17) is 9.84 Å². The summed E-state index contributed by atoms with van der Waals surface area (Å²) in [5, 5.41) is 28.8. The highest BCUT2D eigenvalue weighted by atomic mass is 28.4. The molecule has 0 saturated carbocycles. The smallest absolute Gasteiger partial charge is 0.269 e. The van der Waals surface area contributed by atoms with Gasteiger partial charge in [-0.3, -0.25) is 19.6 Å². The first-order chi connectivity index (χ1) is 16.5. The highest BCUT2D eigenvalue weighted by Crippen LogP contribution is 2.60. The van der Waals surface area contributed by atoms with Gasteiger partial charge in [-0.1, -0.05) is 18.2 Å². The number of ether oxygens (including phenoxy) is 1. The van der Waals surface area contributed by atoms with Crippen molar-refractivity contribution in [2.24, 2.45) is 5.92 Å². The van der Waals surface area contributed by atoms with E-state index in [1.807, 2.05) is 20.0 Å². The summed E-state index contributed by atoms with van der Waals surface area (Å²) in [6.45, 7) is 9.96. The first-order valence-corrected chi connectivity index (χ1v) is 14.7. The maximum Gasteiger partial charge on any atom is 0.269 e. The number of nitro benzene ring substituents is 1. The topological polar surface area (TPSA) is 144 Å². The minimum Gasteiger partial charge on any atom is -0.432 e. The Morgan fingerprint density at radius 3 is 2.77 bits per heavy atom. The number of carbonyl (C=O) groups is 1. The fourth-order valence-electron chi connectivity index (χ4n) is 5.70. The zero-order chi connectivity index (χ0) is 25.5. The first-order valence-electron chi connectivity index (χ1n) is 11.7. The fraction of sp³-hybridized carbons (Fsp3) is 0.522. The number of aliphatic hydroxyl groups excluding tert-OH is 1. The summed E-state index contributed by atoms with van der Waals surface area (Å²) in [6.07, 6.45) is 3.77. The molecule has 35 heavy (non-hydrogen) atoms. The van der Waals surface area contributed by atoms with Gasteiger partial charge in [0.05, 0.1) is 22.4 Å². The third-order valence-corrected chi connectivity index (χ3v) is 9.59. The molecule has 2 aliphatic rings. The van der Waals surface area contributed by atoms with Crippen LogP contribution in [0.5, 0.6) is 0 Å². The fourth-order valence-corrected chi connectivity index (χ4v) is 8.30. The van der Waals surface area contributed by atoms with Gasteiger partial charge in [0.15, 0.2) is 13.9 Å². The summed E-state index contributed by atoms with van der Waals surface area (Å²) < 4.78 is 8.27. The molecular weight excluding hydrogens is 470 g/mol. The van der Waals surface area contributed by atoms with Crippen LogP contribution in [0.15, 0.2) is 37.1 Å². The molecule has 12 heteroatoms. The molecule has 1 spiro atoms. The number of aromatic nitrogens is 3. The third kappa shape index (κ3) is 4.20. The SMILES string of the molecule is C=CCN1C(=O)[C@]2(O[C@H](CCn3cc(CCO)nn3)[C@@H]([Si](C)(C)O)[C@@H]2C)c2cc([N+](=O)[O-])ccc21. The standard InChI is InChI=1S/C23H31N5O6Si/c1-5-10-27-19-7-6-17(28(31)32)13-18(19)23(22(27)30)15(2)21(35(3,4)33)20(34-23)8-11-26-14-16(9-12-29)24-25-26/h5-7,13-15,20-21,29,33H,1,8-12H2,2-4H3/t15-,20+,21-,23+/m0/s1. The molecule has 188 valence electrons. The average Bonchev–Trinajstić information content (AvgIpc) is 3.43. The van der Waals surface area contributed by atoms with Gasteiger partial charge in [0, 0.05) is 61.5 Å². The van der Waals surface area contributed by atoms with Crippen molar-refractivity contribution in [2.45, 2.75) is 56.7 Å². The number of non-ortho nitro benzene ring substituents is 1. The molecule has 2 aromatic rings. The van der Waals surface area contributed by atoms with E-state index >= 15 is 0 Å². The summed E-state index contributed by atoms with van der Waals surface area (Å²) in [6, 6.07) is 4.40. The predicted molar refractivity (Wildman–Crippen MR) is 130 cm³/mol. The van der Waals surface area contributed by atoms with E-state index in [2.05, 4.69) is 16.9 Å². The molecule has 11 nitrogen and oxygen atoms in total. The number of carbonyl (C=O) groups excluding carboxylic acids is 1. The number of amides is 1. The molecule has 4 atom stereocenters. The summed E-state index contributed by atoms with van der Waals surface area (Å²) in [5.41, 5.74) is -0.159. The highest BCUT2D eigenvalue weighted by molar-refractivity contribution is 6.71. The number of hydrogen-bond acceptors (Lipinski definition) is 8. The molecule has 1 fully saturated rings. The molecule has 0 radical (unpaired) electrons. The number of aryl methyl sites for hydroxylation is 1. The molecule has 1 aromatic carbocycles. The molecule has 2 aliphatic heterocycles. The van der Waals surface area contributed by atoms with Crippen LogP contribution >= 0.6 is 0 Å². The minimum absolute atomic E-state index is 0.0221. The maximum absolute atomic E-state index is 13.9. The number of nitrogens with zero attached hydrogens (tertiary/aromatic N) is 5. The van der Waals surface area contributed by atoms with E-state index in [1.165, 1.54) is 12.1 Å². The van der Waals surface area contributed by atoms with Gasteiger partial charge in [-0.2, -0.15) is 0 Å². The van der Waals surface area contributed by atoms with E-state index in [0.29, 0.717) is 36.3 Å². The number of hydrogen-bond donors (Lipinski definition) is 2. The molecule has 1 aromatic heterocycles. The lowest BCUT2D eigenvalue weighted by Crippen LogP contribution is -2.46. The number of benzene rings is 1. The van der Waals surface area contributed by atoms with Crippen molar-refractivity contribution in [3.05, 3.63) is 58.4 Å². The summed E-state index contributed by atoms with van der Waals surface area (Å²) >= 11 is 0. The molecule has 0 bridgehead atoms. The second kappa shape index (κ2) is 9.26. The molecular formula is C23H31N5O6Si. The Bertz CT molecular complexity index is 1150. The van der Waals surface area contributed by atoms with Gasteiger partial charge < -0.3 is 19.5 Å². The zero-order valence-electron chi connectivity index (χ0n) is 20.1. The van der Waals surface area contributed by atoms with Crippen LogP contribution in [-0.2, 0) is 28.1 Å². The van der Waals surface area contributed by atoms with Crippen molar-refractivity contribution >= 4 is 25.6 Å². The van der Waals surface area contributed by atoms with Crippen molar-refractivity contribution in [3.8, 4) is 0 Å². The molecule has 3 heterocycles. The van der Waals surface area contributed by atoms with Gasteiger partial charge in [0.1, 0.15) is 0 Å². The number of anilines is 1. The third-order valence-electron chi connectivity index (χ3n) is 7.09. The van der Waals surface area contributed by atoms with Crippen LogP contribution in [0.2, 0.25) is 18.6 Å². The van der Waals surface area contributed by atoms with Gasteiger partial charge >= 0.3 is 0 Å². The van der Waals surface area contributed by atoms with Crippen LogP contribution in [0.3, 0.4) is 0 Å². The molecule has 4 rings (SSSR count). The van der Waals surface area contributed by atoms with Crippen LogP contribution < -0.4 is 4.90 Å². The Kier molecular flexibility index (Phi) is 6.66. The number of fused-ring (bicyclic) bond motifs is 2. The lowest BCUT2D eigenvalue weighted by Gasteiger charge is -2.32. The van der Waals surface area contributed by atoms with Crippen molar-refractivity contribution in [1.82, 2.24) is 15.0 Å². The predicted octanol–water partition coefficient (Wildman–Crippen LogP) is 2.14. The van der Waals surface area contributed by atoms with Crippen molar-refractivity contribution < 1.29 is 24.4 Å². The zero-order valence-corrected chi connectivity index (χ0v) is 21.1. The van der Waals surface area contributed by atoms with Crippen molar-refractivity contribution in [1.29, 1.82) is 0 Å². The Balaban J connectivity index is 1.74. The van der Waals surface area contributed by atoms with E-state index in [9.17, 15) is 19.7 Å². The Morgan fingerprint density at radius 1 is 1.40 bits per heavy atom. The van der Waals surface area contributed by atoms with Crippen LogP contribution in [0, 0.1) is 16.0 Å². The summed E-state index contributed by atoms with van der Waals surface area (Å²) in [4.78, 5) is 37.8. The number of nitro groups is 1.